The molecular weight excluding hydrogens is 204 g/mol. The third-order valence-electron chi connectivity index (χ3n) is 2.34. The van der Waals surface area contributed by atoms with E-state index in [1.54, 1.807) is 12.3 Å². The summed E-state index contributed by atoms with van der Waals surface area (Å²) >= 11 is 0. The summed E-state index contributed by atoms with van der Waals surface area (Å²) in [5.74, 6) is -0.0691. The van der Waals surface area contributed by atoms with Crippen LogP contribution < -0.4 is 11.1 Å². The molecule has 16 heavy (non-hydrogen) atoms. The maximum absolute atomic E-state index is 11.8. The third kappa shape index (κ3) is 3.27. The molecule has 0 aromatic carbocycles. The van der Waals surface area contributed by atoms with Crippen LogP contribution in [0.1, 0.15) is 17.4 Å². The molecule has 0 atom stereocenters. The van der Waals surface area contributed by atoms with E-state index in [1.807, 2.05) is 30.5 Å². The second kappa shape index (κ2) is 5.55. The molecule has 0 saturated heterocycles. The van der Waals surface area contributed by atoms with Gasteiger partial charge in [-0.2, -0.15) is 0 Å². The van der Waals surface area contributed by atoms with Crippen LogP contribution in [-0.4, -0.2) is 42.6 Å². The van der Waals surface area contributed by atoms with Crippen LogP contribution in [-0.2, 0) is 6.54 Å². The molecule has 0 aliphatic rings. The van der Waals surface area contributed by atoms with E-state index in [0.717, 1.165) is 13.1 Å². The van der Waals surface area contributed by atoms with Gasteiger partial charge in [-0.3, -0.25) is 4.79 Å². The van der Waals surface area contributed by atoms with Crippen molar-refractivity contribution in [1.29, 1.82) is 0 Å². The molecule has 0 spiro atoms. The van der Waals surface area contributed by atoms with E-state index in [1.165, 1.54) is 0 Å². The van der Waals surface area contributed by atoms with Gasteiger partial charge in [0.05, 0.1) is 5.69 Å². The van der Waals surface area contributed by atoms with Crippen molar-refractivity contribution in [3.8, 4) is 0 Å². The van der Waals surface area contributed by atoms with Gasteiger partial charge in [0.25, 0.3) is 5.91 Å². The van der Waals surface area contributed by atoms with E-state index < -0.39 is 0 Å². The fraction of sp³-hybridized carbons (Fsp3) is 0.545. The molecule has 3 N–H and O–H groups in total. The Morgan fingerprint density at radius 2 is 2.25 bits per heavy atom. The van der Waals surface area contributed by atoms with Crippen LogP contribution in [0.2, 0.25) is 0 Å². The Kier molecular flexibility index (Phi) is 4.37. The van der Waals surface area contributed by atoms with E-state index in [2.05, 4.69) is 5.32 Å². The number of amides is 1. The van der Waals surface area contributed by atoms with Gasteiger partial charge in [-0.05, 0) is 27.1 Å². The number of nitrogens with one attached hydrogen (secondary N) is 1. The van der Waals surface area contributed by atoms with E-state index >= 15 is 0 Å². The maximum atomic E-state index is 11.8. The lowest BCUT2D eigenvalue weighted by Crippen LogP contribution is -2.32. The monoisotopic (exact) mass is 224 g/mol. The molecule has 1 aromatic rings. The van der Waals surface area contributed by atoms with Crippen molar-refractivity contribution in [1.82, 2.24) is 14.8 Å². The average molecular weight is 224 g/mol. The number of likely N-dealkylation sites (N-methyl/N-ethyl adjacent to an activating group) is 1. The third-order valence-corrected chi connectivity index (χ3v) is 2.34. The summed E-state index contributed by atoms with van der Waals surface area (Å²) in [5, 5.41) is 2.86. The molecule has 0 bridgehead atoms. The van der Waals surface area contributed by atoms with Gasteiger partial charge in [0, 0.05) is 25.8 Å². The topological polar surface area (TPSA) is 63.3 Å². The summed E-state index contributed by atoms with van der Waals surface area (Å²) in [6.07, 6.45) is 1.78. The summed E-state index contributed by atoms with van der Waals surface area (Å²) in [6, 6.07) is 1.70. The molecule has 0 aliphatic heterocycles. The zero-order chi connectivity index (χ0) is 12.1. The Hall–Kier alpha value is -1.49. The summed E-state index contributed by atoms with van der Waals surface area (Å²) in [7, 11) is 3.94. The van der Waals surface area contributed by atoms with Gasteiger partial charge in [-0.1, -0.05) is 0 Å². The first-order chi connectivity index (χ1) is 7.54. The molecule has 5 heteroatoms. The van der Waals surface area contributed by atoms with Crippen molar-refractivity contribution in [3.63, 3.8) is 0 Å². The zero-order valence-corrected chi connectivity index (χ0v) is 10.2. The van der Waals surface area contributed by atoms with Crippen molar-refractivity contribution in [3.05, 3.63) is 18.0 Å². The number of carbonyl (C=O) groups is 1. The Morgan fingerprint density at radius 1 is 1.56 bits per heavy atom. The number of nitrogens with two attached hydrogens (primary N) is 1. The second-order valence-electron chi connectivity index (χ2n) is 4.00. The van der Waals surface area contributed by atoms with Crippen molar-refractivity contribution in [2.75, 3.05) is 32.9 Å². The van der Waals surface area contributed by atoms with Gasteiger partial charge >= 0.3 is 0 Å². The Balaban J connectivity index is 2.58. The molecule has 0 aliphatic carbocycles. The van der Waals surface area contributed by atoms with Gasteiger partial charge in [-0.15, -0.1) is 0 Å². The van der Waals surface area contributed by atoms with Crippen molar-refractivity contribution in [2.45, 2.75) is 13.5 Å². The van der Waals surface area contributed by atoms with Gasteiger partial charge in [0.1, 0.15) is 5.69 Å². The SMILES string of the molecule is CCn1cc(N)cc1C(=O)NCCN(C)C. The number of carbonyl (C=O) groups excluding carboxylic acids is 1. The van der Waals surface area contributed by atoms with Gasteiger partial charge in [-0.25, -0.2) is 0 Å². The Bertz CT molecular complexity index is 357. The molecule has 90 valence electrons. The highest BCUT2D eigenvalue weighted by atomic mass is 16.1. The largest absolute Gasteiger partial charge is 0.397 e. The molecule has 1 aromatic heterocycles. The van der Waals surface area contributed by atoms with Gasteiger partial charge in [0.2, 0.25) is 0 Å². The lowest BCUT2D eigenvalue weighted by molar-refractivity contribution is 0.0942. The fourth-order valence-corrected chi connectivity index (χ4v) is 1.47. The van der Waals surface area contributed by atoms with Gasteiger partial charge < -0.3 is 20.5 Å². The number of anilines is 1. The van der Waals surface area contributed by atoms with Crippen LogP contribution in [0.5, 0.6) is 0 Å². The number of aryl methyl sites for hydroxylation is 1. The first kappa shape index (κ1) is 12.6. The second-order valence-corrected chi connectivity index (χ2v) is 4.00. The molecule has 0 unspecified atom stereocenters. The van der Waals surface area contributed by atoms with Crippen LogP contribution in [0.4, 0.5) is 5.69 Å². The minimum Gasteiger partial charge on any atom is -0.397 e. The number of hydrogen-bond acceptors (Lipinski definition) is 3. The molecule has 0 fully saturated rings. The van der Waals surface area contributed by atoms with Crippen molar-refractivity contribution >= 4 is 11.6 Å². The quantitative estimate of drug-likeness (QED) is 0.760. The molecule has 0 saturated carbocycles. The highest BCUT2D eigenvalue weighted by Gasteiger charge is 2.11. The maximum Gasteiger partial charge on any atom is 0.268 e. The molecule has 1 rings (SSSR count). The van der Waals surface area contributed by atoms with Gasteiger partial charge in [0.15, 0.2) is 0 Å². The normalized spacial score (nSPS) is 10.8. The molecule has 1 heterocycles. The molecule has 1 amide bonds. The van der Waals surface area contributed by atoms with Crippen LogP contribution >= 0.6 is 0 Å². The minimum atomic E-state index is -0.0691. The molecular formula is C11H20N4O. The predicted molar refractivity (Wildman–Crippen MR) is 65.4 cm³/mol. The fourth-order valence-electron chi connectivity index (χ4n) is 1.47. The van der Waals surface area contributed by atoms with E-state index in [-0.39, 0.29) is 5.91 Å². The number of hydrogen-bond donors (Lipinski definition) is 2. The first-order valence-corrected chi connectivity index (χ1v) is 5.43. The van der Waals surface area contributed by atoms with Crippen molar-refractivity contribution in [2.24, 2.45) is 0 Å². The van der Waals surface area contributed by atoms with Crippen LogP contribution in [0.3, 0.4) is 0 Å². The van der Waals surface area contributed by atoms with E-state index in [0.29, 0.717) is 17.9 Å². The van der Waals surface area contributed by atoms with Crippen molar-refractivity contribution < 1.29 is 4.79 Å². The van der Waals surface area contributed by atoms with Crippen LogP contribution in [0, 0.1) is 0 Å². The summed E-state index contributed by atoms with van der Waals surface area (Å²) in [6.45, 7) is 4.19. The average Bonchev–Trinajstić information content (AvgIpc) is 2.59. The summed E-state index contributed by atoms with van der Waals surface area (Å²) in [5.41, 5.74) is 6.91. The zero-order valence-electron chi connectivity index (χ0n) is 10.2. The number of nitrogen functional groups attached to an aromatic ring is 1. The molecule has 5 nitrogen and oxygen atoms in total. The molecule has 0 radical (unpaired) electrons. The standard InChI is InChI=1S/C11H20N4O/c1-4-15-8-9(12)7-10(15)11(16)13-5-6-14(2)3/h7-8H,4-6,12H2,1-3H3,(H,13,16). The smallest absolute Gasteiger partial charge is 0.268 e. The Morgan fingerprint density at radius 3 is 2.81 bits per heavy atom. The van der Waals surface area contributed by atoms with Crippen LogP contribution in [0.25, 0.3) is 0 Å². The Labute approximate surface area is 96.2 Å². The number of rotatable bonds is 5. The minimum absolute atomic E-state index is 0.0691. The predicted octanol–water partition coefficient (Wildman–Crippen LogP) is 0.382. The lowest BCUT2D eigenvalue weighted by Gasteiger charge is -2.11. The summed E-state index contributed by atoms with van der Waals surface area (Å²) in [4.78, 5) is 13.8. The highest BCUT2D eigenvalue weighted by Crippen LogP contribution is 2.10. The first-order valence-electron chi connectivity index (χ1n) is 5.43. The lowest BCUT2D eigenvalue weighted by atomic mass is 10.3. The van der Waals surface area contributed by atoms with Crippen LogP contribution in [0.15, 0.2) is 12.3 Å². The summed E-state index contributed by atoms with van der Waals surface area (Å²) < 4.78 is 1.85. The van der Waals surface area contributed by atoms with E-state index in [4.69, 9.17) is 5.73 Å². The number of nitrogens with zero attached hydrogens (tertiary/aromatic N) is 2. The van der Waals surface area contributed by atoms with E-state index in [9.17, 15) is 4.79 Å². The highest BCUT2D eigenvalue weighted by molar-refractivity contribution is 5.93. The number of aromatic nitrogens is 1.